The first-order valence-electron chi connectivity index (χ1n) is 5.94. The molecule has 0 amide bonds. The highest BCUT2D eigenvalue weighted by atomic mass is 35.5. The van der Waals surface area contributed by atoms with Gasteiger partial charge in [0.05, 0.1) is 17.3 Å². The average molecular weight is 269 g/mol. The van der Waals surface area contributed by atoms with Gasteiger partial charge in [0.25, 0.3) is 0 Å². The van der Waals surface area contributed by atoms with Crippen molar-refractivity contribution in [3.8, 4) is 0 Å². The summed E-state index contributed by atoms with van der Waals surface area (Å²) >= 11 is 8.07. The van der Waals surface area contributed by atoms with E-state index in [1.807, 2.05) is 36.9 Å². The van der Waals surface area contributed by atoms with Gasteiger partial charge < -0.3 is 5.32 Å². The van der Waals surface area contributed by atoms with Gasteiger partial charge in [0.15, 0.2) is 5.17 Å². The third-order valence-electron chi connectivity index (χ3n) is 2.76. The Kier molecular flexibility index (Phi) is 4.35. The number of halogens is 1. The highest BCUT2D eigenvalue weighted by Gasteiger charge is 2.19. The number of amidine groups is 1. The van der Waals surface area contributed by atoms with Crippen molar-refractivity contribution in [3.05, 3.63) is 28.8 Å². The fourth-order valence-electron chi connectivity index (χ4n) is 1.82. The van der Waals surface area contributed by atoms with Gasteiger partial charge in [-0.05, 0) is 25.0 Å². The van der Waals surface area contributed by atoms with E-state index < -0.39 is 0 Å². The van der Waals surface area contributed by atoms with Gasteiger partial charge >= 0.3 is 0 Å². The van der Waals surface area contributed by atoms with Crippen LogP contribution >= 0.6 is 23.4 Å². The van der Waals surface area contributed by atoms with Crippen molar-refractivity contribution >= 4 is 34.2 Å². The summed E-state index contributed by atoms with van der Waals surface area (Å²) < 4.78 is 0. The summed E-state index contributed by atoms with van der Waals surface area (Å²) in [6.45, 7) is 5.14. The maximum atomic E-state index is 6.24. The Balaban J connectivity index is 2.01. The van der Waals surface area contributed by atoms with Gasteiger partial charge in [-0.1, -0.05) is 48.8 Å². The molecule has 1 N–H and O–H groups in total. The zero-order valence-electron chi connectivity index (χ0n) is 10.2. The van der Waals surface area contributed by atoms with E-state index in [4.69, 9.17) is 11.6 Å². The summed E-state index contributed by atoms with van der Waals surface area (Å²) in [5.41, 5.74) is 2.04. The molecule has 0 spiro atoms. The molecule has 0 aromatic heterocycles. The lowest BCUT2D eigenvalue weighted by atomic mass is 10.2. The van der Waals surface area contributed by atoms with Crippen LogP contribution in [0.25, 0.3) is 0 Å². The first-order valence-corrected chi connectivity index (χ1v) is 7.19. The Bertz CT molecular complexity index is 431. The van der Waals surface area contributed by atoms with Crippen molar-refractivity contribution in [2.24, 2.45) is 4.99 Å². The van der Waals surface area contributed by atoms with E-state index >= 15 is 0 Å². The molecule has 17 heavy (non-hydrogen) atoms. The molecule has 1 atom stereocenters. The lowest BCUT2D eigenvalue weighted by Gasteiger charge is -2.10. The topological polar surface area (TPSA) is 24.4 Å². The van der Waals surface area contributed by atoms with Crippen molar-refractivity contribution < 1.29 is 0 Å². The van der Waals surface area contributed by atoms with Crippen LogP contribution in [-0.2, 0) is 0 Å². The largest absolute Gasteiger partial charge is 0.334 e. The Morgan fingerprint density at radius 3 is 3.12 bits per heavy atom. The number of anilines is 1. The number of hydrogen-bond acceptors (Lipinski definition) is 3. The molecule has 1 aliphatic heterocycles. The molecule has 0 saturated heterocycles. The first-order chi connectivity index (χ1) is 8.20. The second-order valence-electron chi connectivity index (χ2n) is 4.24. The van der Waals surface area contributed by atoms with Crippen LogP contribution in [0.3, 0.4) is 0 Å². The number of thioether (sulfide) groups is 1. The molecule has 4 heteroatoms. The molecule has 1 aromatic carbocycles. The van der Waals surface area contributed by atoms with Crippen LogP contribution in [0.2, 0.25) is 5.02 Å². The highest BCUT2D eigenvalue weighted by Crippen LogP contribution is 2.30. The summed E-state index contributed by atoms with van der Waals surface area (Å²) in [7, 11) is 0. The van der Waals surface area contributed by atoms with E-state index in [9.17, 15) is 0 Å². The van der Waals surface area contributed by atoms with Crippen molar-refractivity contribution in [1.82, 2.24) is 0 Å². The number of benzene rings is 1. The molecular weight excluding hydrogens is 252 g/mol. The maximum Gasteiger partial charge on any atom is 0.161 e. The fourth-order valence-corrected chi connectivity index (χ4v) is 3.13. The summed E-state index contributed by atoms with van der Waals surface area (Å²) in [4.78, 5) is 4.51. The molecule has 0 radical (unpaired) electrons. The number of nitrogens with zero attached hydrogens (tertiary/aromatic N) is 1. The van der Waals surface area contributed by atoms with Gasteiger partial charge in [0.2, 0.25) is 0 Å². The Labute approximate surface area is 112 Å². The molecule has 1 aliphatic rings. The van der Waals surface area contributed by atoms with Gasteiger partial charge in [-0.15, -0.1) is 0 Å². The number of hydrogen-bond donors (Lipinski definition) is 1. The number of nitrogens with one attached hydrogen (secondary N) is 1. The first kappa shape index (κ1) is 12.8. The maximum absolute atomic E-state index is 6.24. The molecule has 0 aliphatic carbocycles. The van der Waals surface area contributed by atoms with Crippen molar-refractivity contribution in [3.63, 3.8) is 0 Å². The zero-order valence-corrected chi connectivity index (χ0v) is 11.7. The summed E-state index contributed by atoms with van der Waals surface area (Å²) in [6, 6.07) is 6.01. The third-order valence-corrected chi connectivity index (χ3v) is 4.44. The van der Waals surface area contributed by atoms with Crippen LogP contribution in [0.5, 0.6) is 0 Å². The van der Waals surface area contributed by atoms with Crippen LogP contribution in [0.15, 0.2) is 23.2 Å². The SMILES string of the molecule is CCCC1CN=C(Nc2cccc(C)c2Cl)S1. The molecule has 2 rings (SSSR count). The number of aryl methyl sites for hydroxylation is 1. The van der Waals surface area contributed by atoms with Crippen LogP contribution in [0.1, 0.15) is 25.3 Å². The lowest BCUT2D eigenvalue weighted by molar-refractivity contribution is 0.754. The molecule has 2 nitrogen and oxygen atoms in total. The monoisotopic (exact) mass is 268 g/mol. The molecule has 1 aromatic rings. The van der Waals surface area contributed by atoms with Crippen molar-refractivity contribution in [1.29, 1.82) is 0 Å². The van der Waals surface area contributed by atoms with Gasteiger partial charge in [-0.25, -0.2) is 0 Å². The predicted octanol–water partition coefficient (Wildman–Crippen LogP) is 4.33. The van der Waals surface area contributed by atoms with Crippen molar-refractivity contribution in [2.45, 2.75) is 31.9 Å². The second kappa shape index (κ2) is 5.78. The Morgan fingerprint density at radius 1 is 1.53 bits per heavy atom. The van der Waals surface area contributed by atoms with E-state index in [-0.39, 0.29) is 0 Å². The van der Waals surface area contributed by atoms with E-state index in [0.717, 1.165) is 28.0 Å². The normalized spacial score (nSPS) is 19.2. The van der Waals surface area contributed by atoms with E-state index in [1.165, 1.54) is 12.8 Å². The smallest absolute Gasteiger partial charge is 0.161 e. The zero-order chi connectivity index (χ0) is 12.3. The van der Waals surface area contributed by atoms with Gasteiger partial charge in [0, 0.05) is 5.25 Å². The second-order valence-corrected chi connectivity index (χ2v) is 5.90. The number of aliphatic imine (C=N–C) groups is 1. The van der Waals surface area contributed by atoms with E-state index in [1.54, 1.807) is 0 Å². The molecule has 0 bridgehead atoms. The molecule has 92 valence electrons. The Morgan fingerprint density at radius 2 is 2.35 bits per heavy atom. The molecule has 0 fully saturated rings. The standard InChI is InChI=1S/C13H17ClN2S/c1-3-5-10-8-15-13(17-10)16-11-7-4-6-9(2)12(11)14/h4,6-7,10H,3,5,8H2,1-2H3,(H,15,16). The Hall–Kier alpha value is -0.670. The van der Waals surface area contributed by atoms with Crippen LogP contribution in [-0.4, -0.2) is 17.0 Å². The van der Waals surface area contributed by atoms with Gasteiger partial charge in [0.1, 0.15) is 0 Å². The summed E-state index contributed by atoms with van der Waals surface area (Å²) in [5, 5.41) is 5.73. The molecule has 1 unspecified atom stereocenters. The minimum Gasteiger partial charge on any atom is -0.334 e. The number of rotatable bonds is 3. The van der Waals surface area contributed by atoms with E-state index in [2.05, 4.69) is 17.2 Å². The minimum absolute atomic E-state index is 0.631. The van der Waals surface area contributed by atoms with Crippen LogP contribution in [0.4, 0.5) is 5.69 Å². The van der Waals surface area contributed by atoms with Gasteiger partial charge in [-0.3, -0.25) is 4.99 Å². The van der Waals surface area contributed by atoms with Crippen molar-refractivity contribution in [2.75, 3.05) is 11.9 Å². The predicted molar refractivity (Wildman–Crippen MR) is 78.4 cm³/mol. The van der Waals surface area contributed by atoms with Crippen LogP contribution in [0, 0.1) is 6.92 Å². The van der Waals surface area contributed by atoms with Crippen LogP contribution < -0.4 is 5.32 Å². The van der Waals surface area contributed by atoms with Gasteiger partial charge in [-0.2, -0.15) is 0 Å². The quantitative estimate of drug-likeness (QED) is 0.882. The molecule has 1 heterocycles. The third kappa shape index (κ3) is 3.17. The summed E-state index contributed by atoms with van der Waals surface area (Å²) in [5.74, 6) is 0. The highest BCUT2D eigenvalue weighted by molar-refractivity contribution is 8.15. The molecular formula is C13H17ClN2S. The lowest BCUT2D eigenvalue weighted by Crippen LogP contribution is -2.08. The van der Waals surface area contributed by atoms with E-state index in [0.29, 0.717) is 5.25 Å². The summed E-state index contributed by atoms with van der Waals surface area (Å²) in [6.07, 6.45) is 2.44. The molecule has 0 saturated carbocycles. The fraction of sp³-hybridized carbons (Fsp3) is 0.462. The minimum atomic E-state index is 0.631. The average Bonchev–Trinajstić information content (AvgIpc) is 2.73.